The number of carbonyl (C=O) groups excluding carboxylic acids is 1. The number of aryl methyl sites for hydroxylation is 1. The third-order valence-corrected chi connectivity index (χ3v) is 2.34. The molecule has 1 amide bonds. The van der Waals surface area contributed by atoms with E-state index < -0.39 is 0 Å². The van der Waals surface area contributed by atoms with Gasteiger partial charge in [-0.15, -0.1) is 0 Å². The average molecular weight is 233 g/mol. The Balaban J connectivity index is 2.01. The van der Waals surface area contributed by atoms with Crippen LogP contribution in [0.5, 0.6) is 0 Å². The van der Waals surface area contributed by atoms with Crippen molar-refractivity contribution < 1.29 is 9.53 Å². The molecule has 0 unspecified atom stereocenters. The standard InChI is InChI=1S/C14H19NO2/c1-2-12-17-14(16)15-11-7-6-10-13-8-4-3-5-9-13/h2-5,8-9H,1,6-7,10-12H2,(H,15,16). The molecule has 0 saturated carbocycles. The Bertz CT molecular complexity index is 335. The van der Waals surface area contributed by atoms with E-state index in [1.807, 2.05) is 18.2 Å². The number of nitrogens with one attached hydrogen (secondary N) is 1. The summed E-state index contributed by atoms with van der Waals surface area (Å²) in [5, 5.41) is 2.69. The van der Waals surface area contributed by atoms with E-state index in [1.165, 1.54) is 5.56 Å². The van der Waals surface area contributed by atoms with Crippen molar-refractivity contribution in [2.45, 2.75) is 19.3 Å². The van der Waals surface area contributed by atoms with Gasteiger partial charge < -0.3 is 10.1 Å². The molecule has 0 aliphatic rings. The summed E-state index contributed by atoms with van der Waals surface area (Å²) in [5.41, 5.74) is 1.33. The molecule has 1 rings (SSSR count). The normalized spacial score (nSPS) is 9.65. The Kier molecular flexibility index (Phi) is 6.56. The molecule has 3 heteroatoms. The molecule has 17 heavy (non-hydrogen) atoms. The maximum absolute atomic E-state index is 11.1. The predicted molar refractivity (Wildman–Crippen MR) is 68.9 cm³/mol. The van der Waals surface area contributed by atoms with Gasteiger partial charge in [0.15, 0.2) is 0 Å². The quantitative estimate of drug-likeness (QED) is 0.581. The van der Waals surface area contributed by atoms with E-state index in [0.29, 0.717) is 6.54 Å². The molecule has 0 bridgehead atoms. The van der Waals surface area contributed by atoms with Crippen LogP contribution < -0.4 is 5.32 Å². The van der Waals surface area contributed by atoms with Crippen molar-refractivity contribution in [3.8, 4) is 0 Å². The van der Waals surface area contributed by atoms with Gasteiger partial charge in [-0.1, -0.05) is 43.0 Å². The second-order valence-electron chi connectivity index (χ2n) is 3.76. The van der Waals surface area contributed by atoms with Crippen molar-refractivity contribution in [2.24, 2.45) is 0 Å². The number of alkyl carbamates (subject to hydrolysis) is 1. The van der Waals surface area contributed by atoms with Crippen molar-refractivity contribution in [3.63, 3.8) is 0 Å². The van der Waals surface area contributed by atoms with Crippen LogP contribution in [0.25, 0.3) is 0 Å². The number of hydrogen-bond donors (Lipinski definition) is 1. The van der Waals surface area contributed by atoms with Crippen LogP contribution >= 0.6 is 0 Å². The van der Waals surface area contributed by atoms with Gasteiger partial charge in [0, 0.05) is 6.54 Å². The first-order valence-corrected chi connectivity index (χ1v) is 5.88. The molecule has 0 fully saturated rings. The predicted octanol–water partition coefficient (Wildman–Crippen LogP) is 2.92. The Hall–Kier alpha value is -1.77. The van der Waals surface area contributed by atoms with E-state index in [2.05, 4.69) is 24.0 Å². The molecule has 1 N–H and O–H groups in total. The Labute approximate surface area is 102 Å². The number of ether oxygens (including phenoxy) is 1. The highest BCUT2D eigenvalue weighted by Crippen LogP contribution is 2.03. The molecule has 1 aromatic rings. The van der Waals surface area contributed by atoms with Gasteiger partial charge in [-0.05, 0) is 24.8 Å². The summed E-state index contributed by atoms with van der Waals surface area (Å²) in [5.74, 6) is 0. The van der Waals surface area contributed by atoms with Crippen molar-refractivity contribution in [1.29, 1.82) is 0 Å². The molecular formula is C14H19NO2. The lowest BCUT2D eigenvalue weighted by Crippen LogP contribution is -2.25. The molecule has 0 aliphatic heterocycles. The Morgan fingerprint density at radius 1 is 1.29 bits per heavy atom. The van der Waals surface area contributed by atoms with E-state index >= 15 is 0 Å². The highest BCUT2D eigenvalue weighted by Gasteiger charge is 1.98. The van der Waals surface area contributed by atoms with E-state index in [0.717, 1.165) is 19.3 Å². The van der Waals surface area contributed by atoms with Gasteiger partial charge in [-0.25, -0.2) is 4.79 Å². The highest BCUT2D eigenvalue weighted by atomic mass is 16.5. The third-order valence-electron chi connectivity index (χ3n) is 2.34. The molecule has 3 nitrogen and oxygen atoms in total. The summed E-state index contributed by atoms with van der Waals surface area (Å²) in [6.07, 6.45) is 4.24. The monoisotopic (exact) mass is 233 g/mol. The number of unbranched alkanes of at least 4 members (excludes halogenated alkanes) is 1. The highest BCUT2D eigenvalue weighted by molar-refractivity contribution is 5.67. The van der Waals surface area contributed by atoms with Gasteiger partial charge in [0.2, 0.25) is 0 Å². The number of rotatable bonds is 7. The summed E-state index contributed by atoms with van der Waals surface area (Å²) in [4.78, 5) is 11.1. The first-order chi connectivity index (χ1) is 8.33. The van der Waals surface area contributed by atoms with Crippen LogP contribution in [0.1, 0.15) is 18.4 Å². The maximum Gasteiger partial charge on any atom is 0.407 e. The molecule has 0 heterocycles. The zero-order valence-electron chi connectivity index (χ0n) is 10.0. The summed E-state index contributed by atoms with van der Waals surface area (Å²) in [6, 6.07) is 10.3. The van der Waals surface area contributed by atoms with Crippen molar-refractivity contribution in [3.05, 3.63) is 48.6 Å². The molecule has 1 aromatic carbocycles. The lowest BCUT2D eigenvalue weighted by molar-refractivity contribution is 0.158. The van der Waals surface area contributed by atoms with E-state index in [-0.39, 0.29) is 12.7 Å². The molecular weight excluding hydrogens is 214 g/mol. The van der Waals surface area contributed by atoms with Crippen LogP contribution in [0.3, 0.4) is 0 Å². The summed E-state index contributed by atoms with van der Waals surface area (Å²) in [6.45, 7) is 4.39. The van der Waals surface area contributed by atoms with Crippen LogP contribution in [0.15, 0.2) is 43.0 Å². The van der Waals surface area contributed by atoms with Crippen LogP contribution in [0, 0.1) is 0 Å². The first-order valence-electron chi connectivity index (χ1n) is 5.88. The maximum atomic E-state index is 11.1. The van der Waals surface area contributed by atoms with Gasteiger partial charge in [-0.3, -0.25) is 0 Å². The smallest absolute Gasteiger partial charge is 0.407 e. The minimum absolute atomic E-state index is 0.260. The van der Waals surface area contributed by atoms with E-state index in [4.69, 9.17) is 4.74 Å². The number of amides is 1. The van der Waals surface area contributed by atoms with Crippen molar-refractivity contribution in [2.75, 3.05) is 13.2 Å². The molecule has 92 valence electrons. The number of hydrogen-bond acceptors (Lipinski definition) is 2. The minimum atomic E-state index is -0.371. The topological polar surface area (TPSA) is 38.3 Å². The van der Waals surface area contributed by atoms with Crippen LogP contribution in [0.4, 0.5) is 4.79 Å². The van der Waals surface area contributed by atoms with Crippen LogP contribution in [-0.2, 0) is 11.2 Å². The van der Waals surface area contributed by atoms with Gasteiger partial charge in [0.25, 0.3) is 0 Å². The fourth-order valence-electron chi connectivity index (χ4n) is 1.47. The largest absolute Gasteiger partial charge is 0.445 e. The summed E-state index contributed by atoms with van der Waals surface area (Å²) < 4.78 is 4.79. The number of benzene rings is 1. The number of carbonyl (C=O) groups is 1. The molecule has 0 saturated heterocycles. The molecule has 0 atom stereocenters. The second kappa shape index (κ2) is 8.39. The van der Waals surface area contributed by atoms with Crippen LogP contribution in [-0.4, -0.2) is 19.2 Å². The Morgan fingerprint density at radius 2 is 2.06 bits per heavy atom. The summed E-state index contributed by atoms with van der Waals surface area (Å²) in [7, 11) is 0. The molecule has 0 aromatic heterocycles. The molecule has 0 spiro atoms. The molecule has 0 aliphatic carbocycles. The van der Waals surface area contributed by atoms with Crippen molar-refractivity contribution in [1.82, 2.24) is 5.32 Å². The SMILES string of the molecule is C=CCOC(=O)NCCCCc1ccccc1. The lowest BCUT2D eigenvalue weighted by atomic mass is 10.1. The fraction of sp³-hybridized carbons (Fsp3) is 0.357. The first kappa shape index (κ1) is 13.3. The fourth-order valence-corrected chi connectivity index (χ4v) is 1.47. The molecule has 0 radical (unpaired) electrons. The Morgan fingerprint density at radius 3 is 2.76 bits per heavy atom. The second-order valence-corrected chi connectivity index (χ2v) is 3.76. The van der Waals surface area contributed by atoms with E-state index in [1.54, 1.807) is 6.08 Å². The minimum Gasteiger partial charge on any atom is -0.445 e. The third kappa shape index (κ3) is 6.40. The van der Waals surface area contributed by atoms with Gasteiger partial charge in [0.1, 0.15) is 6.61 Å². The summed E-state index contributed by atoms with van der Waals surface area (Å²) >= 11 is 0. The van der Waals surface area contributed by atoms with Crippen LogP contribution in [0.2, 0.25) is 0 Å². The van der Waals surface area contributed by atoms with Crippen molar-refractivity contribution >= 4 is 6.09 Å². The van der Waals surface area contributed by atoms with Gasteiger partial charge in [0.05, 0.1) is 0 Å². The lowest BCUT2D eigenvalue weighted by Gasteiger charge is -2.05. The zero-order valence-corrected chi connectivity index (χ0v) is 10.0. The van der Waals surface area contributed by atoms with Gasteiger partial charge in [-0.2, -0.15) is 0 Å². The van der Waals surface area contributed by atoms with E-state index in [9.17, 15) is 4.79 Å². The zero-order chi connectivity index (χ0) is 12.3. The average Bonchev–Trinajstić information content (AvgIpc) is 2.37. The van der Waals surface area contributed by atoms with Gasteiger partial charge >= 0.3 is 6.09 Å².